The van der Waals surface area contributed by atoms with Gasteiger partial charge in [-0.3, -0.25) is 9.69 Å². The van der Waals surface area contributed by atoms with Crippen LogP contribution in [0.4, 0.5) is 4.39 Å². The lowest BCUT2D eigenvalue weighted by atomic mass is 10.1. The van der Waals surface area contributed by atoms with Gasteiger partial charge in [0.15, 0.2) is 16.7 Å². The predicted octanol–water partition coefficient (Wildman–Crippen LogP) is 5.75. The SMILES string of the molecule is CCN1C(=O)/C(=C/c2ccc(OC)c(OCc3ccccc3Cl)c2)S/C1=N/S(=O)(=O)c1ccc(F)cc1. The van der Waals surface area contributed by atoms with Gasteiger partial charge >= 0.3 is 0 Å². The summed E-state index contributed by atoms with van der Waals surface area (Å²) in [6.07, 6.45) is 1.63. The third kappa shape index (κ3) is 6.15. The third-order valence-corrected chi connectivity index (χ3v) is 8.11. The number of amidine groups is 1. The number of rotatable bonds is 8. The van der Waals surface area contributed by atoms with Crippen molar-refractivity contribution in [3.63, 3.8) is 0 Å². The van der Waals surface area contributed by atoms with Crippen molar-refractivity contribution < 1.29 is 27.1 Å². The quantitative estimate of drug-likeness (QED) is 0.326. The van der Waals surface area contributed by atoms with Gasteiger partial charge in [-0.1, -0.05) is 35.9 Å². The molecule has 0 N–H and O–H groups in total. The molecule has 11 heteroatoms. The fourth-order valence-corrected chi connectivity index (χ4v) is 5.87. The van der Waals surface area contributed by atoms with Crippen LogP contribution < -0.4 is 9.47 Å². The van der Waals surface area contributed by atoms with Gasteiger partial charge in [-0.2, -0.15) is 8.42 Å². The van der Waals surface area contributed by atoms with Crippen molar-refractivity contribution in [2.24, 2.45) is 4.40 Å². The van der Waals surface area contributed by atoms with E-state index in [2.05, 4.69) is 4.40 Å². The normalized spacial score (nSPS) is 16.0. The molecule has 1 aliphatic rings. The maximum absolute atomic E-state index is 13.2. The number of nitrogens with zero attached hydrogens (tertiary/aromatic N) is 2. The molecule has 7 nitrogen and oxygen atoms in total. The van der Waals surface area contributed by atoms with Crippen molar-refractivity contribution in [3.8, 4) is 11.5 Å². The van der Waals surface area contributed by atoms with E-state index >= 15 is 0 Å². The minimum atomic E-state index is -4.14. The number of amides is 1. The second kappa shape index (κ2) is 11.4. The number of carbonyl (C=O) groups excluding carboxylic acids is 1. The van der Waals surface area contributed by atoms with Crippen LogP contribution in [0, 0.1) is 5.82 Å². The van der Waals surface area contributed by atoms with Crippen LogP contribution in [0.15, 0.2) is 80.9 Å². The van der Waals surface area contributed by atoms with E-state index in [1.54, 1.807) is 37.3 Å². The Morgan fingerprint density at radius 3 is 2.49 bits per heavy atom. The van der Waals surface area contributed by atoms with Crippen LogP contribution in [0.1, 0.15) is 18.1 Å². The van der Waals surface area contributed by atoms with Crippen molar-refractivity contribution >= 4 is 50.5 Å². The molecule has 1 amide bonds. The summed E-state index contributed by atoms with van der Waals surface area (Å²) in [6.45, 7) is 2.15. The highest BCUT2D eigenvalue weighted by atomic mass is 35.5. The number of likely N-dealkylation sites (N-methyl/N-ethyl adjacent to an activating group) is 1. The van der Waals surface area contributed by atoms with Gasteiger partial charge in [0.05, 0.1) is 16.9 Å². The highest BCUT2D eigenvalue weighted by molar-refractivity contribution is 8.19. The number of benzene rings is 3. The molecule has 0 radical (unpaired) electrons. The average molecular weight is 561 g/mol. The van der Waals surface area contributed by atoms with Gasteiger partial charge in [0.1, 0.15) is 12.4 Å². The summed E-state index contributed by atoms with van der Waals surface area (Å²) in [5, 5.41) is 0.599. The van der Waals surface area contributed by atoms with E-state index in [0.29, 0.717) is 22.1 Å². The van der Waals surface area contributed by atoms with Gasteiger partial charge in [-0.25, -0.2) is 4.39 Å². The van der Waals surface area contributed by atoms with Crippen LogP contribution in [0.2, 0.25) is 5.02 Å². The summed E-state index contributed by atoms with van der Waals surface area (Å²) in [6, 6.07) is 16.8. The number of sulfonamides is 1. The lowest BCUT2D eigenvalue weighted by Gasteiger charge is -2.12. The molecule has 0 spiro atoms. The van der Waals surface area contributed by atoms with E-state index < -0.39 is 15.8 Å². The molecule has 3 aromatic carbocycles. The molecule has 0 saturated carbocycles. The standard InChI is InChI=1S/C26H22ClFN2O5S2/c1-3-30-25(31)24(36-26(30)29-37(32,33)20-11-9-19(28)10-12-20)15-17-8-13-22(34-2)23(14-17)35-16-18-6-4-5-7-21(18)27/h4-15H,3,16H2,1-2H3/b24-15-,29-26+. The van der Waals surface area contributed by atoms with Crippen molar-refractivity contribution in [2.75, 3.05) is 13.7 Å². The number of ether oxygens (including phenoxy) is 2. The molecule has 1 heterocycles. The second-order valence-electron chi connectivity index (χ2n) is 7.75. The van der Waals surface area contributed by atoms with Crippen molar-refractivity contribution in [3.05, 3.63) is 93.6 Å². The van der Waals surface area contributed by atoms with Gasteiger partial charge < -0.3 is 9.47 Å². The topological polar surface area (TPSA) is 85.3 Å². The van der Waals surface area contributed by atoms with Crippen LogP contribution >= 0.6 is 23.4 Å². The Morgan fingerprint density at radius 1 is 1.08 bits per heavy atom. The first-order valence-corrected chi connectivity index (χ1v) is 13.7. The molecule has 0 bridgehead atoms. The Kier molecular flexibility index (Phi) is 8.21. The van der Waals surface area contributed by atoms with Crippen LogP contribution in [-0.2, 0) is 21.4 Å². The summed E-state index contributed by atoms with van der Waals surface area (Å²) in [4.78, 5) is 14.4. The monoisotopic (exact) mass is 560 g/mol. The summed E-state index contributed by atoms with van der Waals surface area (Å²) in [5.74, 6) is 0.0109. The summed E-state index contributed by atoms with van der Waals surface area (Å²) in [7, 11) is -2.62. The molecule has 1 aliphatic heterocycles. The maximum atomic E-state index is 13.2. The van der Waals surface area contributed by atoms with Crippen LogP contribution in [0.5, 0.6) is 11.5 Å². The summed E-state index contributed by atoms with van der Waals surface area (Å²) < 4.78 is 53.9. The Morgan fingerprint density at radius 2 is 1.81 bits per heavy atom. The van der Waals surface area contributed by atoms with E-state index in [1.807, 2.05) is 18.2 Å². The molecule has 3 aromatic rings. The average Bonchev–Trinajstić information content (AvgIpc) is 3.16. The van der Waals surface area contributed by atoms with E-state index in [-0.39, 0.29) is 34.0 Å². The highest BCUT2D eigenvalue weighted by Crippen LogP contribution is 2.36. The summed E-state index contributed by atoms with van der Waals surface area (Å²) >= 11 is 7.17. The lowest BCUT2D eigenvalue weighted by molar-refractivity contribution is -0.122. The zero-order chi connectivity index (χ0) is 26.6. The fraction of sp³-hybridized carbons (Fsp3) is 0.154. The van der Waals surface area contributed by atoms with E-state index in [0.717, 1.165) is 41.6 Å². The predicted molar refractivity (Wildman–Crippen MR) is 143 cm³/mol. The van der Waals surface area contributed by atoms with Crippen LogP contribution in [0.25, 0.3) is 6.08 Å². The first-order chi connectivity index (χ1) is 17.7. The van der Waals surface area contributed by atoms with E-state index in [9.17, 15) is 17.6 Å². The number of methoxy groups -OCH3 is 1. The maximum Gasteiger partial charge on any atom is 0.284 e. The van der Waals surface area contributed by atoms with Gasteiger partial charge in [0.2, 0.25) is 0 Å². The molecule has 0 aromatic heterocycles. The zero-order valence-electron chi connectivity index (χ0n) is 19.9. The fourth-order valence-electron chi connectivity index (χ4n) is 3.44. The molecular weight excluding hydrogens is 539 g/mol. The Bertz CT molecular complexity index is 1490. The first-order valence-electron chi connectivity index (χ1n) is 11.1. The van der Waals surface area contributed by atoms with Gasteiger partial charge in [0.25, 0.3) is 15.9 Å². The van der Waals surface area contributed by atoms with Crippen molar-refractivity contribution in [1.29, 1.82) is 0 Å². The zero-order valence-corrected chi connectivity index (χ0v) is 22.2. The van der Waals surface area contributed by atoms with Gasteiger partial charge in [0, 0.05) is 17.1 Å². The lowest BCUT2D eigenvalue weighted by Crippen LogP contribution is -2.29. The van der Waals surface area contributed by atoms with Gasteiger partial charge in [-0.05, 0) is 72.8 Å². The minimum Gasteiger partial charge on any atom is -0.493 e. The Balaban J connectivity index is 1.61. The highest BCUT2D eigenvalue weighted by Gasteiger charge is 2.34. The number of hydrogen-bond acceptors (Lipinski definition) is 6. The molecule has 0 aliphatic carbocycles. The number of thioether (sulfide) groups is 1. The molecule has 1 fully saturated rings. The second-order valence-corrected chi connectivity index (χ2v) is 10.8. The molecule has 0 atom stereocenters. The minimum absolute atomic E-state index is 0.0202. The van der Waals surface area contributed by atoms with E-state index in [4.69, 9.17) is 21.1 Å². The van der Waals surface area contributed by atoms with Gasteiger partial charge in [-0.15, -0.1) is 4.40 Å². The first kappa shape index (κ1) is 26.7. The largest absolute Gasteiger partial charge is 0.493 e. The Labute approximate surface area is 223 Å². The molecule has 37 heavy (non-hydrogen) atoms. The summed E-state index contributed by atoms with van der Waals surface area (Å²) in [5.41, 5.74) is 1.45. The third-order valence-electron chi connectivity index (χ3n) is 5.34. The number of carbonyl (C=O) groups is 1. The molecule has 1 saturated heterocycles. The molecule has 0 unspecified atom stereocenters. The molecule has 4 rings (SSSR count). The van der Waals surface area contributed by atoms with Crippen molar-refractivity contribution in [1.82, 2.24) is 4.90 Å². The van der Waals surface area contributed by atoms with Crippen LogP contribution in [-0.4, -0.2) is 38.0 Å². The van der Waals surface area contributed by atoms with E-state index in [1.165, 1.54) is 12.0 Å². The molecule has 192 valence electrons. The number of halogens is 2. The van der Waals surface area contributed by atoms with Crippen molar-refractivity contribution in [2.45, 2.75) is 18.4 Å². The number of hydrogen-bond donors (Lipinski definition) is 0. The smallest absolute Gasteiger partial charge is 0.284 e. The molecular formula is C26H22ClFN2O5S2. The van der Waals surface area contributed by atoms with Crippen LogP contribution in [0.3, 0.4) is 0 Å². The Hall–Kier alpha value is -3.34.